The lowest BCUT2D eigenvalue weighted by Crippen LogP contribution is -2.52. The summed E-state index contributed by atoms with van der Waals surface area (Å²) in [4.78, 5) is 99.0. The highest BCUT2D eigenvalue weighted by Crippen LogP contribution is 2.44. The second kappa shape index (κ2) is 45.5. The molecule has 16 rings (SSSR count). The van der Waals surface area contributed by atoms with Crippen molar-refractivity contribution < 1.29 is 133 Å². The molecule has 0 amide bonds. The summed E-state index contributed by atoms with van der Waals surface area (Å²) in [6, 6.07) is 38.3. The van der Waals surface area contributed by atoms with Gasteiger partial charge in [-0.1, -0.05) is 238 Å². The number of Topliss-reactive ketones (excluding diaryl/α,β-unsaturated/α-hetero) is 8. The lowest BCUT2D eigenvalue weighted by Gasteiger charge is -2.35. The zero-order chi connectivity index (χ0) is 129. The number of aliphatic hydroxyl groups excluding tert-OH is 3. The molecule has 16 atom stereocenters. The van der Waals surface area contributed by atoms with E-state index in [9.17, 15) is 79.2 Å². The minimum absolute atomic E-state index is 0.00971. The molecular weight excluding hydrogens is 1800 g/mol. The molecule has 0 aromatic heterocycles. The Morgan fingerprint density at radius 3 is 0.898 bits per heavy atom. The fourth-order valence-corrected chi connectivity index (χ4v) is 15.5. The number of rotatable bonds is 8. The van der Waals surface area contributed by atoms with Crippen LogP contribution < -0.4 is 45.9 Å². The highest BCUT2D eigenvalue weighted by atomic mass is 35.5. The molecule has 688 valence electrons. The summed E-state index contributed by atoms with van der Waals surface area (Å²) in [7, 11) is 0. The summed E-state index contributed by atoms with van der Waals surface area (Å²) in [5.74, 6) is -9.98. The Kier molecular flexibility index (Phi) is 21.9. The molecular formula is C96H112Cl8N8O16. The van der Waals surface area contributed by atoms with Gasteiger partial charge in [0.25, 0.3) is 0 Å². The standard InChI is InChI=1S/8C12H14ClNO2/c8*13-9-5-2-1-4-8(9)12(14)7-3-6-10(15)11(12)16/h8*1-2,4-5,10,15H,3,6-7,14H2/i1D,2D,4D,5D,10D;3D2,6D2,7D2,10D;6D2,7D2,10D;3D2,7D2,10D;3D2,6D2,7D2;7D2,10D;6D2,7D2;3D2,7D2. The lowest BCUT2D eigenvalue weighted by atomic mass is 9.75. The van der Waals surface area contributed by atoms with Crippen LogP contribution in [0.4, 0.5) is 0 Å². The van der Waals surface area contributed by atoms with Gasteiger partial charge in [-0.3, -0.25) is 38.4 Å². The van der Waals surface area contributed by atoms with Crippen LogP contribution in [-0.4, -0.2) is 136 Å². The van der Waals surface area contributed by atoms with E-state index in [4.69, 9.17) is 192 Å². The van der Waals surface area contributed by atoms with Gasteiger partial charge in [0.2, 0.25) is 0 Å². The molecule has 0 saturated heterocycles. The van der Waals surface area contributed by atoms with E-state index >= 15 is 0 Å². The zero-order valence-electron chi connectivity index (χ0n) is 106. The maximum Gasteiger partial charge on any atom is 0.185 e. The number of hydrogen-bond acceptors (Lipinski definition) is 24. The van der Waals surface area contributed by atoms with E-state index in [0.29, 0.717) is 0 Å². The maximum absolute atomic E-state index is 12.6. The number of aliphatic hydroxyl groups is 8. The monoisotopic (exact) mass is 1950 g/mol. The van der Waals surface area contributed by atoms with Crippen molar-refractivity contribution in [3.8, 4) is 0 Å². The Morgan fingerprint density at radius 1 is 0.258 bits per heavy atom. The van der Waals surface area contributed by atoms with E-state index in [2.05, 4.69) is 0 Å². The van der Waals surface area contributed by atoms with E-state index in [1.54, 1.807) is 42.5 Å². The van der Waals surface area contributed by atoms with Crippen LogP contribution in [-0.2, 0) is 82.7 Å². The van der Waals surface area contributed by atoms with E-state index < -0.39 is 285 Å². The molecule has 0 spiro atoms. The Balaban J connectivity index is 0.000000210. The summed E-state index contributed by atoms with van der Waals surface area (Å²) in [6.07, 6.45) is -66.6. The summed E-state index contributed by atoms with van der Waals surface area (Å²) < 4.78 is 304. The first kappa shape index (κ1) is 61.6. The number of carbonyl (C=O) groups excluding carboxylic acids is 8. The Bertz CT molecular complexity index is 7330. The van der Waals surface area contributed by atoms with E-state index in [-0.39, 0.29) is 117 Å². The van der Waals surface area contributed by atoms with Crippen molar-refractivity contribution in [2.45, 2.75) is 246 Å². The van der Waals surface area contributed by atoms with Crippen molar-refractivity contribution >= 4 is 139 Å². The molecule has 8 saturated carbocycles. The van der Waals surface area contributed by atoms with E-state index in [0.717, 1.165) is 0 Å². The molecule has 24 N–H and O–H groups in total. The average molecular weight is 1960 g/mol. The maximum atomic E-state index is 12.6. The van der Waals surface area contributed by atoms with Crippen LogP contribution in [0.5, 0.6) is 0 Å². The van der Waals surface area contributed by atoms with Crippen LogP contribution >= 0.6 is 92.8 Å². The predicted octanol–water partition coefficient (Wildman–Crippen LogP) is 12.9. The highest BCUT2D eigenvalue weighted by Gasteiger charge is 2.51. The lowest BCUT2D eigenvalue weighted by molar-refractivity contribution is -0.136. The summed E-state index contributed by atoms with van der Waals surface area (Å²) in [5.41, 5.74) is 27.7. The van der Waals surface area contributed by atoms with Crippen molar-refractivity contribution in [2.75, 3.05) is 0 Å². The van der Waals surface area contributed by atoms with Gasteiger partial charge in [-0.15, -0.1) is 0 Å². The van der Waals surface area contributed by atoms with Gasteiger partial charge in [0.1, 0.15) is 93.0 Å². The molecule has 8 aliphatic carbocycles. The third-order valence-corrected chi connectivity index (χ3v) is 22.9. The Morgan fingerprint density at radius 2 is 0.516 bits per heavy atom. The van der Waals surface area contributed by atoms with Gasteiger partial charge in [-0.25, -0.2) is 0 Å². The molecule has 8 aromatic rings. The number of benzene rings is 8. The predicted molar refractivity (Wildman–Crippen MR) is 497 cm³/mol. The molecule has 24 nitrogen and oxygen atoms in total. The van der Waals surface area contributed by atoms with Crippen molar-refractivity contribution in [1.82, 2.24) is 0 Å². The van der Waals surface area contributed by atoms with Gasteiger partial charge in [0.05, 0.1) is 12.3 Å². The second-order valence-corrected chi connectivity index (χ2v) is 31.9. The van der Waals surface area contributed by atoms with Crippen LogP contribution in [0.25, 0.3) is 0 Å². The fourth-order valence-electron chi connectivity index (χ4n) is 13.2. The van der Waals surface area contributed by atoms with Crippen molar-refractivity contribution in [3.63, 3.8) is 0 Å². The summed E-state index contributed by atoms with van der Waals surface area (Å²) >= 11 is 47.7. The SMILES string of the molecule is [2H]C1(O)C(=O)C(N)(c2ccccc2Cl)C([2H])([2H])C([2H])([2H])C1([2H])[2H].[2H]C1(O)CC([2H])([2H])C([2H])([2H])C(N)(c2ccccc2Cl)C1=O.[2H]C1(O)CCC([2H])([2H])C(N)(c2ccccc2Cl)C1=O.[2H]C1([2H])C(O)C(=O)C(N)(c2ccccc2Cl)C([2H])([2H])C1([2H])[2H].[2H]C1([2H])CC(O)C(=O)C(N)(c2ccccc2Cl)C1([2H])[2H].[2H]C1([2H])CC([2H])([2H])C(N)(c2ccccc2Cl)C(=O)C1([2H])O.[2H]C1([2H])CC([2H])([2H])C(N)(c2ccccc2Cl)C(=O)C1O.[2H]c1c([2H])c([2H])c(C2(N)CCCC([2H])(O)C2=O)c(Cl)c1[2H]. The van der Waals surface area contributed by atoms with Crippen LogP contribution in [0.3, 0.4) is 0 Å². The van der Waals surface area contributed by atoms with Gasteiger partial charge in [0, 0.05) is 81.3 Å². The topological polar surface area (TPSA) is 507 Å². The highest BCUT2D eigenvalue weighted by molar-refractivity contribution is 6.34. The third kappa shape index (κ3) is 23.5. The van der Waals surface area contributed by atoms with Crippen molar-refractivity contribution in [3.05, 3.63) is 279 Å². The second-order valence-electron chi connectivity index (χ2n) is 28.6. The van der Waals surface area contributed by atoms with Crippen molar-refractivity contribution in [1.29, 1.82) is 0 Å². The van der Waals surface area contributed by atoms with Crippen LogP contribution in [0.2, 0.25) is 40.2 Å². The first-order valence-electron chi connectivity index (χ1n) is 57.4. The molecule has 16 unspecified atom stereocenters. The molecule has 8 aliphatic rings. The smallest absolute Gasteiger partial charge is 0.185 e. The minimum atomic E-state index is -3.60. The number of nitrogens with two attached hydrogens (primary N) is 8. The zero-order valence-corrected chi connectivity index (χ0v) is 72.8. The Hall–Kier alpha value is -7.20. The molecule has 8 fully saturated rings. The first-order chi connectivity index (χ1) is 75.0. The number of ketones is 8. The van der Waals surface area contributed by atoms with Crippen LogP contribution in [0.1, 0.15) is 251 Å². The quantitative estimate of drug-likeness (QED) is 0.0672. The average Bonchev–Trinajstić information content (AvgIpc) is 0.666. The van der Waals surface area contributed by atoms with E-state index in [1.807, 2.05) is 0 Å². The molecule has 8 aromatic carbocycles. The van der Waals surface area contributed by atoms with Crippen LogP contribution in [0.15, 0.2) is 194 Å². The third-order valence-electron chi connectivity index (χ3n) is 20.3. The largest absolute Gasteiger partial charge is 0.385 e. The molecule has 0 heterocycles. The Labute approximate surface area is 839 Å². The van der Waals surface area contributed by atoms with Gasteiger partial charge >= 0.3 is 0 Å². The number of hydrogen-bond donors (Lipinski definition) is 16. The molecule has 0 radical (unpaired) electrons. The molecule has 0 aliphatic heterocycles. The van der Waals surface area contributed by atoms with Gasteiger partial charge < -0.3 is 86.7 Å². The molecule has 32 heteroatoms. The van der Waals surface area contributed by atoms with Gasteiger partial charge in [-0.2, -0.15) is 0 Å². The molecule has 128 heavy (non-hydrogen) atoms. The summed E-state index contributed by atoms with van der Waals surface area (Å²) in [5, 5.41) is 78.6. The minimum Gasteiger partial charge on any atom is -0.385 e. The number of halogens is 8. The van der Waals surface area contributed by atoms with E-state index in [1.165, 1.54) is 127 Å². The van der Waals surface area contributed by atoms with Gasteiger partial charge in [0.15, 0.2) is 46.3 Å². The van der Waals surface area contributed by atoms with Gasteiger partial charge in [-0.05, 0) is 246 Å². The first-order valence-corrected chi connectivity index (χ1v) is 40.9. The molecule has 0 bridgehead atoms. The van der Waals surface area contributed by atoms with Crippen molar-refractivity contribution in [2.24, 2.45) is 45.9 Å². The summed E-state index contributed by atoms with van der Waals surface area (Å²) in [6.45, 7) is 0. The van der Waals surface area contributed by atoms with Crippen LogP contribution in [0, 0.1) is 0 Å². The number of carbonyl (C=O) groups is 8. The fraction of sp³-hybridized carbons (Fsp3) is 0.417. The normalized spacial score (nSPS) is 43.7.